The highest BCUT2D eigenvalue weighted by Crippen LogP contribution is 2.42. The first-order valence-electron chi connectivity index (χ1n) is 4.94. The van der Waals surface area contributed by atoms with E-state index in [4.69, 9.17) is 0 Å². The van der Waals surface area contributed by atoms with E-state index in [1.165, 1.54) is 44.9 Å². The van der Waals surface area contributed by atoms with Crippen LogP contribution in [-0.4, -0.2) is 0 Å². The highest BCUT2D eigenvalue weighted by molar-refractivity contribution is 4.87. The molecule has 0 nitrogen and oxygen atoms in total. The van der Waals surface area contributed by atoms with E-state index >= 15 is 0 Å². The third kappa shape index (κ3) is 2.08. The Balaban J connectivity index is 2.49. The second-order valence-corrected chi connectivity index (χ2v) is 3.91. The molecule has 64 valence electrons. The average Bonchev–Trinajstić information content (AvgIpc) is 2.07. The van der Waals surface area contributed by atoms with Gasteiger partial charge in [0, 0.05) is 0 Å². The summed E-state index contributed by atoms with van der Waals surface area (Å²) in [6, 6.07) is 0. The summed E-state index contributed by atoms with van der Waals surface area (Å²) in [5, 5.41) is 0. The molecular weight excluding hydrogens is 132 g/mol. The fraction of sp³-hybridized carbons (Fsp3) is 0.818. The molecule has 0 N–H and O–H groups in total. The molecule has 0 aromatic heterocycles. The molecule has 0 spiro atoms. The van der Waals surface area contributed by atoms with Gasteiger partial charge in [0.1, 0.15) is 0 Å². The van der Waals surface area contributed by atoms with Gasteiger partial charge in [-0.1, -0.05) is 38.7 Å². The summed E-state index contributed by atoms with van der Waals surface area (Å²) in [7, 11) is 0. The molecule has 0 aliphatic heterocycles. The van der Waals surface area contributed by atoms with Crippen molar-refractivity contribution in [2.24, 2.45) is 5.41 Å². The van der Waals surface area contributed by atoms with Crippen molar-refractivity contribution < 1.29 is 0 Å². The molecule has 0 aromatic carbocycles. The molecule has 0 bridgehead atoms. The molecule has 0 aromatic rings. The predicted octanol–water partition coefficient (Wildman–Crippen LogP) is 3.92. The van der Waals surface area contributed by atoms with Gasteiger partial charge in [0.15, 0.2) is 0 Å². The summed E-state index contributed by atoms with van der Waals surface area (Å²) >= 11 is 0. The lowest BCUT2D eigenvalue weighted by Gasteiger charge is -2.35. The molecule has 0 heteroatoms. The van der Waals surface area contributed by atoms with Gasteiger partial charge in [0.05, 0.1) is 0 Å². The normalized spacial score (nSPS) is 23.0. The van der Waals surface area contributed by atoms with Crippen molar-refractivity contribution in [3.63, 3.8) is 0 Å². The maximum absolute atomic E-state index is 3.85. The Hall–Kier alpha value is -0.260. The zero-order valence-corrected chi connectivity index (χ0v) is 7.73. The van der Waals surface area contributed by atoms with Gasteiger partial charge in [0.2, 0.25) is 0 Å². The van der Waals surface area contributed by atoms with E-state index < -0.39 is 0 Å². The van der Waals surface area contributed by atoms with E-state index in [1.807, 2.05) is 0 Å². The predicted molar refractivity (Wildman–Crippen MR) is 50.6 cm³/mol. The van der Waals surface area contributed by atoms with Crippen LogP contribution < -0.4 is 0 Å². The van der Waals surface area contributed by atoms with Crippen LogP contribution in [0.2, 0.25) is 0 Å². The Morgan fingerprint density at radius 2 is 1.91 bits per heavy atom. The molecule has 0 radical (unpaired) electrons. The summed E-state index contributed by atoms with van der Waals surface area (Å²) in [5.74, 6) is 0. The van der Waals surface area contributed by atoms with Gasteiger partial charge in [-0.3, -0.25) is 0 Å². The van der Waals surface area contributed by atoms with Crippen LogP contribution in [0.1, 0.15) is 51.9 Å². The maximum Gasteiger partial charge on any atom is -0.0266 e. The van der Waals surface area contributed by atoms with E-state index in [-0.39, 0.29) is 0 Å². The molecule has 1 aliphatic rings. The maximum atomic E-state index is 3.85. The first kappa shape index (κ1) is 8.83. The van der Waals surface area contributed by atoms with E-state index in [0.717, 1.165) is 0 Å². The minimum Gasteiger partial charge on any atom is -0.103 e. The van der Waals surface area contributed by atoms with Crippen LogP contribution in [0.5, 0.6) is 0 Å². The van der Waals surface area contributed by atoms with Crippen LogP contribution in [0.25, 0.3) is 0 Å². The lowest BCUT2D eigenvalue weighted by Crippen LogP contribution is -2.22. The van der Waals surface area contributed by atoms with Gasteiger partial charge in [0.25, 0.3) is 0 Å². The Labute approximate surface area is 70.7 Å². The van der Waals surface area contributed by atoms with Crippen molar-refractivity contribution in [1.29, 1.82) is 0 Å². The molecule has 11 heavy (non-hydrogen) atoms. The van der Waals surface area contributed by atoms with Gasteiger partial charge in [-0.25, -0.2) is 0 Å². The van der Waals surface area contributed by atoms with Crippen molar-refractivity contribution >= 4 is 0 Å². The molecule has 0 atom stereocenters. The highest BCUT2D eigenvalue weighted by Gasteiger charge is 2.28. The van der Waals surface area contributed by atoms with Gasteiger partial charge < -0.3 is 0 Å². The Kier molecular flexibility index (Phi) is 3.16. The van der Waals surface area contributed by atoms with Crippen LogP contribution in [0.4, 0.5) is 0 Å². The number of rotatable bonds is 3. The summed E-state index contributed by atoms with van der Waals surface area (Å²) in [6.45, 7) is 6.18. The van der Waals surface area contributed by atoms with Crippen LogP contribution >= 0.6 is 0 Å². The molecule has 1 saturated carbocycles. The fourth-order valence-corrected chi connectivity index (χ4v) is 2.31. The standard InChI is InChI=1S/C11H20/c1-3-8-11(4-2)9-6-5-7-10-11/h3H,1,4-10H2,2H3. The van der Waals surface area contributed by atoms with Gasteiger partial charge in [-0.2, -0.15) is 0 Å². The highest BCUT2D eigenvalue weighted by atomic mass is 14.3. The summed E-state index contributed by atoms with van der Waals surface area (Å²) in [6.07, 6.45) is 11.9. The van der Waals surface area contributed by atoms with Crippen molar-refractivity contribution in [3.05, 3.63) is 12.7 Å². The number of allylic oxidation sites excluding steroid dienone is 1. The molecule has 0 unspecified atom stereocenters. The lowest BCUT2D eigenvalue weighted by molar-refractivity contribution is 0.184. The third-order valence-corrected chi connectivity index (χ3v) is 3.24. The third-order valence-electron chi connectivity index (χ3n) is 3.24. The SMILES string of the molecule is C=CCC1(CC)CCCCC1. The van der Waals surface area contributed by atoms with Crippen molar-refractivity contribution in [2.45, 2.75) is 51.9 Å². The minimum atomic E-state index is 0.653. The zero-order chi connectivity index (χ0) is 8.16. The van der Waals surface area contributed by atoms with E-state index in [0.29, 0.717) is 5.41 Å². The Morgan fingerprint density at radius 1 is 1.27 bits per heavy atom. The van der Waals surface area contributed by atoms with Crippen LogP contribution in [0, 0.1) is 5.41 Å². The van der Waals surface area contributed by atoms with Gasteiger partial charge in [-0.15, -0.1) is 6.58 Å². The minimum absolute atomic E-state index is 0.653. The molecule has 1 aliphatic carbocycles. The van der Waals surface area contributed by atoms with Gasteiger partial charge >= 0.3 is 0 Å². The number of hydrogen-bond donors (Lipinski definition) is 0. The summed E-state index contributed by atoms with van der Waals surface area (Å²) in [5.41, 5.74) is 0.653. The van der Waals surface area contributed by atoms with Crippen molar-refractivity contribution in [3.8, 4) is 0 Å². The van der Waals surface area contributed by atoms with E-state index in [9.17, 15) is 0 Å². The second kappa shape index (κ2) is 3.94. The Bertz CT molecular complexity index is 118. The van der Waals surface area contributed by atoms with E-state index in [1.54, 1.807) is 0 Å². The van der Waals surface area contributed by atoms with Crippen molar-refractivity contribution in [2.75, 3.05) is 0 Å². The lowest BCUT2D eigenvalue weighted by atomic mass is 9.70. The van der Waals surface area contributed by atoms with Crippen molar-refractivity contribution in [1.82, 2.24) is 0 Å². The molecule has 0 amide bonds. The number of hydrogen-bond acceptors (Lipinski definition) is 0. The first-order valence-corrected chi connectivity index (χ1v) is 4.94. The first-order chi connectivity index (χ1) is 5.33. The van der Waals surface area contributed by atoms with E-state index in [2.05, 4.69) is 19.6 Å². The van der Waals surface area contributed by atoms with Crippen LogP contribution in [-0.2, 0) is 0 Å². The fourth-order valence-electron chi connectivity index (χ4n) is 2.31. The molecule has 1 fully saturated rings. The zero-order valence-electron chi connectivity index (χ0n) is 7.73. The topological polar surface area (TPSA) is 0 Å². The molecular formula is C11H20. The smallest absolute Gasteiger partial charge is 0.0266 e. The summed E-state index contributed by atoms with van der Waals surface area (Å²) in [4.78, 5) is 0. The average molecular weight is 152 g/mol. The molecule has 1 rings (SSSR count). The molecule has 0 saturated heterocycles. The van der Waals surface area contributed by atoms with Crippen LogP contribution in [0.15, 0.2) is 12.7 Å². The van der Waals surface area contributed by atoms with Gasteiger partial charge in [-0.05, 0) is 24.7 Å². The second-order valence-electron chi connectivity index (χ2n) is 3.91. The summed E-state index contributed by atoms with van der Waals surface area (Å²) < 4.78 is 0. The molecule has 0 heterocycles. The van der Waals surface area contributed by atoms with Crippen LogP contribution in [0.3, 0.4) is 0 Å². The monoisotopic (exact) mass is 152 g/mol. The quantitative estimate of drug-likeness (QED) is 0.538. The Morgan fingerprint density at radius 3 is 2.36 bits per heavy atom. The largest absolute Gasteiger partial charge is 0.103 e.